The van der Waals surface area contributed by atoms with E-state index in [1.165, 1.54) is 10.4 Å². The highest BCUT2D eigenvalue weighted by molar-refractivity contribution is 7.10. The zero-order valence-electron chi connectivity index (χ0n) is 16.8. The number of benzene rings is 2. The van der Waals surface area contributed by atoms with Gasteiger partial charge in [0.2, 0.25) is 5.91 Å². The van der Waals surface area contributed by atoms with Crippen molar-refractivity contribution in [2.45, 2.75) is 25.3 Å². The number of thiophene rings is 1. The van der Waals surface area contributed by atoms with Gasteiger partial charge in [0.15, 0.2) is 11.7 Å². The SMILES string of the molecule is O=C(CCc1ncc(-c2ccc(Cl)cc2)o1)N1CCc2sccc2C1c1ccccc1. The van der Waals surface area contributed by atoms with Gasteiger partial charge in [-0.3, -0.25) is 4.79 Å². The fraction of sp³-hybridized carbons (Fsp3) is 0.200. The molecular weight excluding hydrogens is 428 g/mol. The van der Waals surface area contributed by atoms with E-state index in [1.54, 1.807) is 17.5 Å². The number of aryl methyl sites for hydroxylation is 1. The number of amides is 1. The van der Waals surface area contributed by atoms with Crippen LogP contribution >= 0.6 is 22.9 Å². The van der Waals surface area contributed by atoms with Crippen molar-refractivity contribution < 1.29 is 9.21 Å². The topological polar surface area (TPSA) is 46.3 Å². The maximum absolute atomic E-state index is 13.2. The largest absolute Gasteiger partial charge is 0.441 e. The summed E-state index contributed by atoms with van der Waals surface area (Å²) in [5.74, 6) is 1.38. The van der Waals surface area contributed by atoms with Crippen LogP contribution in [0.15, 0.2) is 76.7 Å². The number of halogens is 1. The third kappa shape index (κ3) is 4.16. The van der Waals surface area contributed by atoms with Crippen molar-refractivity contribution in [2.24, 2.45) is 0 Å². The van der Waals surface area contributed by atoms with E-state index in [4.69, 9.17) is 16.0 Å². The highest BCUT2D eigenvalue weighted by Gasteiger charge is 2.32. The van der Waals surface area contributed by atoms with Gasteiger partial charge in [-0.05, 0) is 53.3 Å². The van der Waals surface area contributed by atoms with Crippen LogP contribution in [-0.2, 0) is 17.6 Å². The molecule has 0 N–H and O–H groups in total. The minimum Gasteiger partial charge on any atom is -0.441 e. The van der Waals surface area contributed by atoms with E-state index in [1.807, 2.05) is 47.4 Å². The predicted octanol–water partition coefficient (Wildman–Crippen LogP) is 6.16. The van der Waals surface area contributed by atoms with E-state index < -0.39 is 0 Å². The Morgan fingerprint density at radius 3 is 2.74 bits per heavy atom. The summed E-state index contributed by atoms with van der Waals surface area (Å²) in [4.78, 5) is 21.0. The van der Waals surface area contributed by atoms with E-state index in [9.17, 15) is 4.79 Å². The lowest BCUT2D eigenvalue weighted by Crippen LogP contribution is -2.40. The Morgan fingerprint density at radius 2 is 1.94 bits per heavy atom. The Kier molecular flexibility index (Phi) is 5.62. The Labute approximate surface area is 190 Å². The summed E-state index contributed by atoms with van der Waals surface area (Å²) in [5, 5.41) is 2.80. The summed E-state index contributed by atoms with van der Waals surface area (Å²) in [6.45, 7) is 0.730. The molecule has 2 aromatic heterocycles. The summed E-state index contributed by atoms with van der Waals surface area (Å²) >= 11 is 7.73. The molecule has 0 aliphatic carbocycles. The van der Waals surface area contributed by atoms with E-state index in [0.29, 0.717) is 29.5 Å². The van der Waals surface area contributed by atoms with Gasteiger partial charge in [0.25, 0.3) is 0 Å². The van der Waals surface area contributed by atoms with Gasteiger partial charge < -0.3 is 9.32 Å². The van der Waals surface area contributed by atoms with Gasteiger partial charge in [-0.2, -0.15) is 0 Å². The van der Waals surface area contributed by atoms with E-state index in [0.717, 1.165) is 24.1 Å². The molecule has 2 aromatic carbocycles. The molecule has 156 valence electrons. The lowest BCUT2D eigenvalue weighted by Gasteiger charge is -2.36. The Bertz CT molecular complexity index is 1180. The molecule has 0 spiro atoms. The van der Waals surface area contributed by atoms with Crippen LogP contribution in [0, 0.1) is 0 Å². The first-order chi connectivity index (χ1) is 15.2. The van der Waals surface area contributed by atoms with Gasteiger partial charge in [-0.25, -0.2) is 4.98 Å². The van der Waals surface area contributed by atoms with Gasteiger partial charge in [-0.1, -0.05) is 41.9 Å². The van der Waals surface area contributed by atoms with Crippen LogP contribution in [0.25, 0.3) is 11.3 Å². The number of hydrogen-bond acceptors (Lipinski definition) is 4. The van der Waals surface area contributed by atoms with Crippen molar-refractivity contribution >= 4 is 28.8 Å². The quantitative estimate of drug-likeness (QED) is 0.367. The fourth-order valence-corrected chi connectivity index (χ4v) is 5.14. The number of hydrogen-bond donors (Lipinski definition) is 0. The zero-order valence-corrected chi connectivity index (χ0v) is 18.4. The summed E-state index contributed by atoms with van der Waals surface area (Å²) in [6, 6.07) is 19.8. The molecule has 0 bridgehead atoms. The standard InChI is InChI=1S/C25H21ClN2O2S/c26-19-8-6-17(7-9-19)21-16-27-23(30-21)10-11-24(29)28-14-12-22-20(13-15-31-22)25(28)18-4-2-1-3-5-18/h1-9,13,15-16,25H,10-12,14H2. The normalized spacial score (nSPS) is 15.6. The van der Waals surface area contributed by atoms with Gasteiger partial charge in [0, 0.05) is 34.8 Å². The molecule has 0 radical (unpaired) electrons. The van der Waals surface area contributed by atoms with Crippen LogP contribution in [0.1, 0.15) is 34.4 Å². The van der Waals surface area contributed by atoms with Crippen LogP contribution in [0.2, 0.25) is 5.02 Å². The van der Waals surface area contributed by atoms with Crippen molar-refractivity contribution in [1.82, 2.24) is 9.88 Å². The number of carbonyl (C=O) groups excluding carboxylic acids is 1. The molecule has 4 aromatic rings. The van der Waals surface area contributed by atoms with Crippen molar-refractivity contribution in [1.29, 1.82) is 0 Å². The molecule has 1 aliphatic heterocycles. The number of fused-ring (bicyclic) bond motifs is 1. The van der Waals surface area contributed by atoms with Gasteiger partial charge in [0.1, 0.15) is 0 Å². The Morgan fingerprint density at radius 1 is 1.13 bits per heavy atom. The smallest absolute Gasteiger partial charge is 0.223 e. The molecule has 31 heavy (non-hydrogen) atoms. The fourth-order valence-electron chi connectivity index (χ4n) is 4.11. The molecule has 1 amide bonds. The highest BCUT2D eigenvalue weighted by Crippen LogP contribution is 2.38. The Balaban J connectivity index is 1.31. The lowest BCUT2D eigenvalue weighted by atomic mass is 9.93. The first-order valence-electron chi connectivity index (χ1n) is 10.3. The van der Waals surface area contributed by atoms with E-state index in [2.05, 4.69) is 28.6 Å². The van der Waals surface area contributed by atoms with Crippen molar-refractivity contribution in [3.63, 3.8) is 0 Å². The molecule has 1 unspecified atom stereocenters. The van der Waals surface area contributed by atoms with Crippen molar-refractivity contribution in [2.75, 3.05) is 6.54 Å². The number of oxazole rings is 1. The summed E-state index contributed by atoms with van der Waals surface area (Å²) in [6.07, 6.45) is 3.44. The van der Waals surface area contributed by atoms with Gasteiger partial charge in [0.05, 0.1) is 12.2 Å². The lowest BCUT2D eigenvalue weighted by molar-refractivity contribution is -0.133. The van der Waals surface area contributed by atoms with Crippen LogP contribution < -0.4 is 0 Å². The molecule has 0 saturated carbocycles. The summed E-state index contributed by atoms with van der Waals surface area (Å²) < 4.78 is 5.88. The molecule has 1 atom stereocenters. The molecule has 0 saturated heterocycles. The van der Waals surface area contributed by atoms with E-state index in [-0.39, 0.29) is 11.9 Å². The minimum absolute atomic E-state index is 0.0297. The van der Waals surface area contributed by atoms with Crippen molar-refractivity contribution in [3.05, 3.63) is 99.2 Å². The average molecular weight is 449 g/mol. The maximum Gasteiger partial charge on any atom is 0.223 e. The molecule has 1 aliphatic rings. The van der Waals surface area contributed by atoms with Crippen LogP contribution in [0.4, 0.5) is 0 Å². The molecule has 0 fully saturated rings. The third-order valence-electron chi connectivity index (χ3n) is 5.64. The van der Waals surface area contributed by atoms with Crippen LogP contribution in [-0.4, -0.2) is 22.3 Å². The number of aromatic nitrogens is 1. The monoisotopic (exact) mass is 448 g/mol. The summed E-state index contributed by atoms with van der Waals surface area (Å²) in [7, 11) is 0. The van der Waals surface area contributed by atoms with Gasteiger partial charge >= 0.3 is 0 Å². The zero-order chi connectivity index (χ0) is 21.2. The third-order valence-corrected chi connectivity index (χ3v) is 6.89. The van der Waals surface area contributed by atoms with Crippen LogP contribution in [0.5, 0.6) is 0 Å². The molecule has 6 heteroatoms. The first kappa shape index (κ1) is 20.0. The van der Waals surface area contributed by atoms with Crippen LogP contribution in [0.3, 0.4) is 0 Å². The second-order valence-corrected chi connectivity index (χ2v) is 9.01. The molecule has 5 rings (SSSR count). The minimum atomic E-state index is -0.0297. The average Bonchev–Trinajstić information content (AvgIpc) is 3.47. The van der Waals surface area contributed by atoms with E-state index >= 15 is 0 Å². The van der Waals surface area contributed by atoms with Crippen molar-refractivity contribution in [3.8, 4) is 11.3 Å². The predicted molar refractivity (Wildman–Crippen MR) is 123 cm³/mol. The molecule has 3 heterocycles. The maximum atomic E-state index is 13.2. The molecule has 4 nitrogen and oxygen atoms in total. The van der Waals surface area contributed by atoms with Gasteiger partial charge in [-0.15, -0.1) is 11.3 Å². The summed E-state index contributed by atoms with van der Waals surface area (Å²) in [5.41, 5.74) is 3.31. The number of carbonyl (C=O) groups is 1. The second kappa shape index (κ2) is 8.69. The Hall–Kier alpha value is -2.89. The first-order valence-corrected chi connectivity index (χ1v) is 11.6. The number of nitrogens with zero attached hydrogens (tertiary/aromatic N) is 2. The second-order valence-electron chi connectivity index (χ2n) is 7.57. The highest BCUT2D eigenvalue weighted by atomic mass is 35.5. The molecular formula is C25H21ClN2O2S. The number of rotatable bonds is 5.